The number of hydrogen-bond donors (Lipinski definition) is 1. The van der Waals surface area contributed by atoms with E-state index in [2.05, 4.69) is 21.2 Å². The van der Waals surface area contributed by atoms with Gasteiger partial charge >= 0.3 is 0 Å². The molecule has 0 aliphatic heterocycles. The Morgan fingerprint density at radius 2 is 2.38 bits per heavy atom. The molecule has 1 heterocycles. The number of halogens is 1. The van der Waals surface area contributed by atoms with Crippen molar-refractivity contribution < 1.29 is 9.21 Å². The molecule has 72 valence electrons. The molecule has 0 aromatic carbocycles. The van der Waals surface area contributed by atoms with Crippen LogP contribution in [0.3, 0.4) is 0 Å². The Bertz CT molecular complexity index is 296. The summed E-state index contributed by atoms with van der Waals surface area (Å²) in [4.78, 5) is 11.4. The molecule has 0 radical (unpaired) electrons. The molecule has 0 fully saturated rings. The lowest BCUT2D eigenvalue weighted by Gasteiger charge is -2.08. The Morgan fingerprint density at radius 1 is 1.69 bits per heavy atom. The van der Waals surface area contributed by atoms with Gasteiger partial charge in [-0.15, -0.1) is 0 Å². The van der Waals surface area contributed by atoms with Crippen molar-refractivity contribution in [1.82, 2.24) is 5.32 Å². The van der Waals surface area contributed by atoms with Gasteiger partial charge in [0.2, 0.25) is 0 Å². The molecule has 13 heavy (non-hydrogen) atoms. The Balaban J connectivity index is 2.58. The molecule has 1 N–H and O–H groups in total. The highest BCUT2D eigenvalue weighted by Crippen LogP contribution is 2.13. The van der Waals surface area contributed by atoms with Gasteiger partial charge in [-0.2, -0.15) is 0 Å². The molecule has 0 saturated heterocycles. The van der Waals surface area contributed by atoms with E-state index in [-0.39, 0.29) is 11.9 Å². The van der Waals surface area contributed by atoms with E-state index in [1.807, 2.05) is 13.8 Å². The molecule has 0 aliphatic carbocycles. The van der Waals surface area contributed by atoms with Crippen molar-refractivity contribution in [2.45, 2.75) is 26.3 Å². The predicted molar refractivity (Wildman–Crippen MR) is 53.6 cm³/mol. The van der Waals surface area contributed by atoms with E-state index in [0.717, 1.165) is 6.42 Å². The predicted octanol–water partition coefficient (Wildman–Crippen LogP) is 2.57. The van der Waals surface area contributed by atoms with E-state index in [9.17, 15) is 4.79 Å². The van der Waals surface area contributed by atoms with E-state index in [4.69, 9.17) is 4.42 Å². The summed E-state index contributed by atoms with van der Waals surface area (Å²) in [5.41, 5.74) is 0. The molecule has 0 saturated carbocycles. The third-order valence-corrected chi connectivity index (χ3v) is 2.21. The lowest BCUT2D eigenvalue weighted by molar-refractivity contribution is 0.0910. The standard InChI is InChI=1S/C9H12BrNO2/c1-3-6(2)11-9(12)7-4-5-8(10)13-7/h4-6H,3H2,1-2H3,(H,11,12)/t6-/m0/s1. The summed E-state index contributed by atoms with van der Waals surface area (Å²) >= 11 is 3.14. The molecule has 1 aromatic heterocycles. The molecule has 1 rings (SSSR count). The summed E-state index contributed by atoms with van der Waals surface area (Å²) in [6.45, 7) is 3.97. The maximum atomic E-state index is 11.4. The normalized spacial score (nSPS) is 12.5. The van der Waals surface area contributed by atoms with E-state index >= 15 is 0 Å². The average molecular weight is 246 g/mol. The van der Waals surface area contributed by atoms with Crippen LogP contribution in [0.1, 0.15) is 30.8 Å². The number of nitrogens with one attached hydrogen (secondary N) is 1. The lowest BCUT2D eigenvalue weighted by Crippen LogP contribution is -2.31. The number of hydrogen-bond acceptors (Lipinski definition) is 2. The first-order valence-corrected chi connectivity index (χ1v) is 4.99. The fraction of sp³-hybridized carbons (Fsp3) is 0.444. The minimum Gasteiger partial charge on any atom is -0.444 e. The van der Waals surface area contributed by atoms with Gasteiger partial charge < -0.3 is 9.73 Å². The van der Waals surface area contributed by atoms with Gasteiger partial charge in [-0.1, -0.05) is 6.92 Å². The summed E-state index contributed by atoms with van der Waals surface area (Å²) in [6.07, 6.45) is 0.910. The van der Waals surface area contributed by atoms with Crippen LogP contribution in [-0.2, 0) is 0 Å². The number of carbonyl (C=O) groups excluding carboxylic acids is 1. The van der Waals surface area contributed by atoms with E-state index in [1.165, 1.54) is 0 Å². The van der Waals surface area contributed by atoms with Gasteiger partial charge in [0, 0.05) is 6.04 Å². The van der Waals surface area contributed by atoms with Gasteiger partial charge in [-0.05, 0) is 41.4 Å². The molecule has 1 atom stereocenters. The maximum Gasteiger partial charge on any atom is 0.287 e. The molecule has 0 unspecified atom stereocenters. The van der Waals surface area contributed by atoms with Crippen LogP contribution in [0.15, 0.2) is 21.2 Å². The van der Waals surface area contributed by atoms with Crippen molar-refractivity contribution in [2.24, 2.45) is 0 Å². The monoisotopic (exact) mass is 245 g/mol. The zero-order valence-corrected chi connectivity index (χ0v) is 9.22. The molecule has 0 bridgehead atoms. The van der Waals surface area contributed by atoms with Crippen LogP contribution < -0.4 is 5.32 Å². The van der Waals surface area contributed by atoms with Crippen LogP contribution in [-0.4, -0.2) is 11.9 Å². The summed E-state index contributed by atoms with van der Waals surface area (Å²) in [5, 5.41) is 2.81. The van der Waals surface area contributed by atoms with Crippen LogP contribution in [0, 0.1) is 0 Å². The fourth-order valence-corrected chi connectivity index (χ4v) is 1.14. The SMILES string of the molecule is CC[C@H](C)NC(=O)c1ccc(Br)o1. The van der Waals surface area contributed by atoms with Crippen LogP contribution >= 0.6 is 15.9 Å². The first-order chi connectivity index (χ1) is 6.13. The van der Waals surface area contributed by atoms with Crippen molar-refractivity contribution >= 4 is 21.8 Å². The zero-order chi connectivity index (χ0) is 9.84. The van der Waals surface area contributed by atoms with Gasteiger partial charge in [-0.3, -0.25) is 4.79 Å². The first kappa shape index (κ1) is 10.3. The largest absolute Gasteiger partial charge is 0.444 e. The Labute approximate surface area is 85.6 Å². The maximum absolute atomic E-state index is 11.4. The van der Waals surface area contributed by atoms with E-state index in [0.29, 0.717) is 10.4 Å². The Kier molecular flexibility index (Phi) is 3.54. The van der Waals surface area contributed by atoms with Crippen molar-refractivity contribution in [3.63, 3.8) is 0 Å². The number of furan rings is 1. The van der Waals surface area contributed by atoms with Crippen molar-refractivity contribution in [2.75, 3.05) is 0 Å². The highest BCUT2D eigenvalue weighted by Gasteiger charge is 2.11. The lowest BCUT2D eigenvalue weighted by atomic mass is 10.2. The molecular weight excluding hydrogens is 234 g/mol. The molecule has 0 aliphatic rings. The molecule has 4 heteroatoms. The second-order valence-electron chi connectivity index (χ2n) is 2.89. The molecular formula is C9H12BrNO2. The summed E-state index contributed by atoms with van der Waals surface area (Å²) in [7, 11) is 0. The topological polar surface area (TPSA) is 42.2 Å². The first-order valence-electron chi connectivity index (χ1n) is 4.19. The fourth-order valence-electron chi connectivity index (χ4n) is 0.833. The number of amides is 1. The van der Waals surface area contributed by atoms with Crippen molar-refractivity contribution in [3.8, 4) is 0 Å². The third kappa shape index (κ3) is 2.88. The Hall–Kier alpha value is -0.770. The molecule has 0 spiro atoms. The summed E-state index contributed by atoms with van der Waals surface area (Å²) in [5.74, 6) is 0.173. The van der Waals surface area contributed by atoms with Gasteiger partial charge in [0.25, 0.3) is 5.91 Å². The van der Waals surface area contributed by atoms with Gasteiger partial charge in [0.1, 0.15) is 0 Å². The highest BCUT2D eigenvalue weighted by molar-refractivity contribution is 9.10. The van der Waals surface area contributed by atoms with Crippen LogP contribution in [0.25, 0.3) is 0 Å². The summed E-state index contributed by atoms with van der Waals surface area (Å²) in [6, 6.07) is 3.52. The number of rotatable bonds is 3. The second-order valence-corrected chi connectivity index (χ2v) is 3.67. The van der Waals surface area contributed by atoms with E-state index < -0.39 is 0 Å². The third-order valence-electron chi connectivity index (χ3n) is 1.79. The van der Waals surface area contributed by atoms with Gasteiger partial charge in [0.05, 0.1) is 0 Å². The van der Waals surface area contributed by atoms with Crippen LogP contribution in [0.4, 0.5) is 0 Å². The van der Waals surface area contributed by atoms with E-state index in [1.54, 1.807) is 12.1 Å². The zero-order valence-electron chi connectivity index (χ0n) is 7.63. The minimum absolute atomic E-state index is 0.167. The second kappa shape index (κ2) is 4.46. The average Bonchev–Trinajstić information content (AvgIpc) is 2.51. The molecule has 1 aromatic rings. The van der Waals surface area contributed by atoms with Crippen LogP contribution in [0.5, 0.6) is 0 Å². The smallest absolute Gasteiger partial charge is 0.287 e. The van der Waals surface area contributed by atoms with Crippen molar-refractivity contribution in [3.05, 3.63) is 22.6 Å². The highest BCUT2D eigenvalue weighted by atomic mass is 79.9. The van der Waals surface area contributed by atoms with Gasteiger partial charge in [0.15, 0.2) is 10.4 Å². The van der Waals surface area contributed by atoms with Crippen LogP contribution in [0.2, 0.25) is 0 Å². The summed E-state index contributed by atoms with van der Waals surface area (Å²) < 4.78 is 5.67. The Morgan fingerprint density at radius 3 is 2.85 bits per heavy atom. The quantitative estimate of drug-likeness (QED) is 0.890. The molecule has 1 amide bonds. The molecule has 3 nitrogen and oxygen atoms in total. The van der Waals surface area contributed by atoms with Crippen molar-refractivity contribution in [1.29, 1.82) is 0 Å². The minimum atomic E-state index is -0.167. The van der Waals surface area contributed by atoms with Gasteiger partial charge in [-0.25, -0.2) is 0 Å². The number of carbonyl (C=O) groups is 1.